The van der Waals surface area contributed by atoms with E-state index in [1.54, 1.807) is 19.2 Å². The molecule has 170 valence electrons. The van der Waals surface area contributed by atoms with Gasteiger partial charge in [0.05, 0.1) is 31.0 Å². The van der Waals surface area contributed by atoms with E-state index in [4.69, 9.17) is 19.7 Å². The maximum absolute atomic E-state index is 9.09. The van der Waals surface area contributed by atoms with Crippen molar-refractivity contribution >= 4 is 16.7 Å². The molecule has 1 fully saturated rings. The van der Waals surface area contributed by atoms with Gasteiger partial charge >= 0.3 is 0 Å². The van der Waals surface area contributed by atoms with Gasteiger partial charge in [-0.25, -0.2) is 4.98 Å². The molecule has 1 saturated heterocycles. The Bertz CT molecular complexity index is 1350. The predicted octanol–water partition coefficient (Wildman–Crippen LogP) is 4.85. The average Bonchev–Trinajstić information content (AvgIpc) is 2.87. The van der Waals surface area contributed by atoms with E-state index < -0.39 is 0 Å². The number of fused-ring (bicyclic) bond motifs is 1. The molecular weight excluding hydrogens is 426 g/mol. The van der Waals surface area contributed by atoms with Gasteiger partial charge in [-0.15, -0.1) is 10.2 Å². The monoisotopic (exact) mass is 451 g/mol. The van der Waals surface area contributed by atoms with Crippen LogP contribution in [0.15, 0.2) is 60.8 Å². The fraction of sp³-hybridized carbons (Fsp3) is 0.259. The maximum Gasteiger partial charge on any atom is 0.156 e. The summed E-state index contributed by atoms with van der Waals surface area (Å²) in [6.45, 7) is 5.79. The molecule has 0 aliphatic carbocycles. The third kappa shape index (κ3) is 4.04. The molecular formula is C27H25N5O2. The highest BCUT2D eigenvalue weighted by Gasteiger charge is 2.23. The zero-order valence-corrected chi connectivity index (χ0v) is 19.4. The Morgan fingerprint density at radius 2 is 1.71 bits per heavy atom. The summed E-state index contributed by atoms with van der Waals surface area (Å²) in [5.74, 6) is 1.57. The zero-order valence-electron chi connectivity index (χ0n) is 19.4. The van der Waals surface area contributed by atoms with Crippen molar-refractivity contribution in [2.24, 2.45) is 0 Å². The molecule has 7 heteroatoms. The highest BCUT2D eigenvalue weighted by molar-refractivity contribution is 5.99. The van der Waals surface area contributed by atoms with Gasteiger partial charge in [-0.3, -0.25) is 0 Å². The quantitative estimate of drug-likeness (QED) is 0.438. The number of pyridine rings is 1. The minimum atomic E-state index is 0.168. The normalized spacial score (nSPS) is 18.0. The smallest absolute Gasteiger partial charge is 0.156 e. The molecule has 3 heterocycles. The summed E-state index contributed by atoms with van der Waals surface area (Å²) < 4.78 is 11.7. The Labute approximate surface area is 198 Å². The van der Waals surface area contributed by atoms with Crippen LogP contribution in [0.3, 0.4) is 0 Å². The first kappa shape index (κ1) is 21.8. The molecule has 5 rings (SSSR count). The number of nitriles is 1. The van der Waals surface area contributed by atoms with Gasteiger partial charge in [0.2, 0.25) is 0 Å². The number of aromatic nitrogens is 3. The second-order valence-electron chi connectivity index (χ2n) is 8.54. The van der Waals surface area contributed by atoms with Gasteiger partial charge < -0.3 is 14.4 Å². The van der Waals surface area contributed by atoms with Crippen molar-refractivity contribution in [3.63, 3.8) is 0 Å². The van der Waals surface area contributed by atoms with Crippen molar-refractivity contribution in [3.8, 4) is 34.2 Å². The molecule has 0 bridgehead atoms. The van der Waals surface area contributed by atoms with Crippen molar-refractivity contribution < 1.29 is 9.47 Å². The van der Waals surface area contributed by atoms with E-state index in [1.165, 1.54) is 0 Å². The van der Waals surface area contributed by atoms with Gasteiger partial charge in [0.25, 0.3) is 0 Å². The SMILES string of the molecule is COc1c(-c2ccc(N3C[C@@H](C)O[C@@H](C)C3)nc2)nnc2c(-c3ccc(C#N)cc3)cccc12. The Morgan fingerprint density at radius 1 is 0.971 bits per heavy atom. The lowest BCUT2D eigenvalue weighted by Gasteiger charge is -2.36. The van der Waals surface area contributed by atoms with E-state index >= 15 is 0 Å². The van der Waals surface area contributed by atoms with Gasteiger partial charge in [-0.2, -0.15) is 5.26 Å². The summed E-state index contributed by atoms with van der Waals surface area (Å²) in [4.78, 5) is 6.95. The summed E-state index contributed by atoms with van der Waals surface area (Å²) in [6, 6.07) is 19.6. The first-order valence-electron chi connectivity index (χ1n) is 11.3. The Hall–Kier alpha value is -4.02. The van der Waals surface area contributed by atoms with E-state index in [2.05, 4.69) is 35.0 Å². The number of hydrogen-bond donors (Lipinski definition) is 0. The summed E-state index contributed by atoms with van der Waals surface area (Å²) in [5, 5.41) is 19.1. The highest BCUT2D eigenvalue weighted by atomic mass is 16.5. The first-order chi connectivity index (χ1) is 16.6. The van der Waals surface area contributed by atoms with Crippen molar-refractivity contribution in [1.82, 2.24) is 15.2 Å². The Balaban J connectivity index is 1.52. The molecule has 1 aliphatic rings. The first-order valence-corrected chi connectivity index (χ1v) is 11.3. The lowest BCUT2D eigenvalue weighted by atomic mass is 10.00. The van der Waals surface area contributed by atoms with Gasteiger partial charge in [0.15, 0.2) is 5.75 Å². The van der Waals surface area contributed by atoms with Crippen LogP contribution in [0.1, 0.15) is 19.4 Å². The van der Waals surface area contributed by atoms with Crippen LogP contribution in [0.4, 0.5) is 5.82 Å². The molecule has 4 aromatic rings. The number of morpholine rings is 1. The van der Waals surface area contributed by atoms with Crippen LogP contribution in [0.25, 0.3) is 33.3 Å². The molecule has 1 aliphatic heterocycles. The molecule has 0 N–H and O–H groups in total. The minimum Gasteiger partial charge on any atom is -0.494 e. The Kier molecular flexibility index (Phi) is 5.83. The topological polar surface area (TPSA) is 84.2 Å². The number of ether oxygens (including phenoxy) is 2. The summed E-state index contributed by atoms with van der Waals surface area (Å²) in [6.07, 6.45) is 2.16. The van der Waals surface area contributed by atoms with Crippen molar-refractivity contribution in [2.45, 2.75) is 26.1 Å². The maximum atomic E-state index is 9.09. The third-order valence-corrected chi connectivity index (χ3v) is 6.04. The molecule has 0 radical (unpaired) electrons. The summed E-state index contributed by atoms with van der Waals surface area (Å²) in [7, 11) is 1.65. The molecule has 0 saturated carbocycles. The zero-order chi connectivity index (χ0) is 23.7. The highest BCUT2D eigenvalue weighted by Crippen LogP contribution is 2.37. The number of benzene rings is 2. The molecule has 0 amide bonds. The molecule has 2 aromatic carbocycles. The average molecular weight is 452 g/mol. The van der Waals surface area contributed by atoms with Crippen LogP contribution in [-0.2, 0) is 4.74 Å². The van der Waals surface area contributed by atoms with Crippen LogP contribution in [-0.4, -0.2) is 47.6 Å². The third-order valence-electron chi connectivity index (χ3n) is 6.04. The fourth-order valence-corrected chi connectivity index (χ4v) is 4.54. The lowest BCUT2D eigenvalue weighted by Crippen LogP contribution is -2.45. The van der Waals surface area contributed by atoms with Gasteiger partial charge in [0.1, 0.15) is 17.0 Å². The van der Waals surface area contributed by atoms with E-state index in [0.29, 0.717) is 17.0 Å². The lowest BCUT2D eigenvalue weighted by molar-refractivity contribution is -0.00545. The van der Waals surface area contributed by atoms with Crippen LogP contribution in [0.2, 0.25) is 0 Å². The number of methoxy groups -OCH3 is 1. The van der Waals surface area contributed by atoms with Crippen molar-refractivity contribution in [3.05, 3.63) is 66.4 Å². The number of hydrogen-bond acceptors (Lipinski definition) is 7. The van der Waals surface area contributed by atoms with Crippen LogP contribution in [0, 0.1) is 11.3 Å². The van der Waals surface area contributed by atoms with Crippen LogP contribution in [0.5, 0.6) is 5.75 Å². The molecule has 34 heavy (non-hydrogen) atoms. The molecule has 0 unspecified atom stereocenters. The largest absolute Gasteiger partial charge is 0.494 e. The molecule has 2 aromatic heterocycles. The standard InChI is InChI=1S/C27H25N5O2/c1-17-15-32(16-18(2)34-17)24-12-11-21(14-29-24)25-27(33-3)23-6-4-5-22(26(23)31-30-25)20-9-7-19(13-28)8-10-20/h4-12,14,17-18H,15-16H2,1-3H3/t17-,18+. The van der Waals surface area contributed by atoms with Crippen LogP contribution >= 0.6 is 0 Å². The van der Waals surface area contributed by atoms with Crippen molar-refractivity contribution in [1.29, 1.82) is 5.26 Å². The Morgan fingerprint density at radius 3 is 2.35 bits per heavy atom. The summed E-state index contributed by atoms with van der Waals surface area (Å²) >= 11 is 0. The van der Waals surface area contributed by atoms with Gasteiger partial charge in [0, 0.05) is 35.8 Å². The number of nitrogens with zero attached hydrogens (tertiary/aromatic N) is 5. The second-order valence-corrected chi connectivity index (χ2v) is 8.54. The van der Waals surface area contributed by atoms with Gasteiger partial charge in [-0.1, -0.05) is 24.3 Å². The molecule has 2 atom stereocenters. The van der Waals surface area contributed by atoms with Crippen LogP contribution < -0.4 is 9.64 Å². The number of rotatable bonds is 4. The van der Waals surface area contributed by atoms with E-state index in [-0.39, 0.29) is 12.2 Å². The fourth-order valence-electron chi connectivity index (χ4n) is 4.54. The summed E-state index contributed by atoms with van der Waals surface area (Å²) in [5.41, 5.74) is 4.75. The number of anilines is 1. The van der Waals surface area contributed by atoms with E-state index in [1.807, 2.05) is 48.7 Å². The van der Waals surface area contributed by atoms with Crippen molar-refractivity contribution in [2.75, 3.05) is 25.1 Å². The molecule has 0 spiro atoms. The minimum absolute atomic E-state index is 0.168. The predicted molar refractivity (Wildman–Crippen MR) is 132 cm³/mol. The molecule has 7 nitrogen and oxygen atoms in total. The van der Waals surface area contributed by atoms with E-state index in [9.17, 15) is 0 Å². The second kappa shape index (κ2) is 9.08. The van der Waals surface area contributed by atoms with E-state index in [0.717, 1.165) is 46.5 Å². The van der Waals surface area contributed by atoms with Gasteiger partial charge in [-0.05, 0) is 49.7 Å².